The van der Waals surface area contributed by atoms with Crippen LogP contribution in [0, 0.1) is 40.5 Å². The lowest BCUT2D eigenvalue weighted by Crippen LogP contribution is -2.03. The van der Waals surface area contributed by atoms with Crippen LogP contribution in [0.5, 0.6) is 46.0 Å². The molecule has 16 nitrogen and oxygen atoms in total. The van der Waals surface area contributed by atoms with Crippen molar-refractivity contribution in [1.82, 2.24) is 0 Å². The first-order valence-corrected chi connectivity index (χ1v) is 12.4. The van der Waals surface area contributed by atoms with Gasteiger partial charge in [-0.1, -0.05) is 25.5 Å². The molecule has 0 saturated heterocycles. The summed E-state index contributed by atoms with van der Waals surface area (Å²) in [5, 5.41) is 47.5. The minimum Gasteiger partial charge on any atom is -0.450 e. The van der Waals surface area contributed by atoms with Crippen LogP contribution in [-0.2, 0) is 6.42 Å². The Kier molecular flexibility index (Phi) is 7.40. The minimum absolute atomic E-state index is 0.0396. The zero-order chi connectivity index (χ0) is 30.8. The Hall–Kier alpha value is -6.32. The molecule has 218 valence electrons. The Morgan fingerprint density at radius 1 is 0.512 bits per heavy atom. The zero-order valence-corrected chi connectivity index (χ0v) is 22.0. The van der Waals surface area contributed by atoms with Crippen molar-refractivity contribution in [1.29, 1.82) is 0 Å². The topological polar surface area (TPSA) is 209 Å². The van der Waals surface area contributed by atoms with Crippen molar-refractivity contribution in [3.63, 3.8) is 0 Å². The summed E-state index contributed by atoms with van der Waals surface area (Å²) in [6, 6.07) is 13.2. The predicted molar refractivity (Wildman–Crippen MR) is 147 cm³/mol. The van der Waals surface area contributed by atoms with Crippen molar-refractivity contribution < 1.29 is 38.6 Å². The number of benzene rings is 4. The van der Waals surface area contributed by atoms with Crippen molar-refractivity contribution in [2.45, 2.75) is 19.8 Å². The summed E-state index contributed by atoms with van der Waals surface area (Å²) < 4.78 is 23.3. The second-order valence-corrected chi connectivity index (χ2v) is 8.97. The van der Waals surface area contributed by atoms with Crippen LogP contribution in [0.4, 0.5) is 22.7 Å². The molecule has 0 radical (unpaired) electrons. The van der Waals surface area contributed by atoms with Crippen molar-refractivity contribution in [2.75, 3.05) is 0 Å². The summed E-state index contributed by atoms with van der Waals surface area (Å²) in [6.07, 6.45) is 0.781. The Bertz CT molecular complexity index is 1700. The Morgan fingerprint density at radius 2 is 0.884 bits per heavy atom. The molecule has 0 aromatic heterocycles. The van der Waals surface area contributed by atoms with E-state index in [9.17, 15) is 40.5 Å². The first kappa shape index (κ1) is 28.2. The van der Waals surface area contributed by atoms with E-state index in [4.69, 9.17) is 18.9 Å². The molecule has 1 aliphatic rings. The molecule has 0 amide bonds. The third kappa shape index (κ3) is 5.64. The second-order valence-electron chi connectivity index (χ2n) is 8.97. The van der Waals surface area contributed by atoms with Gasteiger partial charge in [-0.2, -0.15) is 0 Å². The third-order valence-electron chi connectivity index (χ3n) is 6.16. The number of hydrogen-bond donors (Lipinski definition) is 0. The van der Waals surface area contributed by atoms with Crippen LogP contribution in [0.2, 0.25) is 0 Å². The first-order valence-electron chi connectivity index (χ1n) is 12.4. The van der Waals surface area contributed by atoms with Crippen LogP contribution < -0.4 is 18.9 Å². The van der Waals surface area contributed by atoms with Gasteiger partial charge in [0.05, 0.1) is 19.7 Å². The second kappa shape index (κ2) is 11.3. The standard InChI is InChI=1S/C27H18N4O12/c1-2-5-17-22-8-4-9-23(17)43-27-14-25(19(29(34)35)12-21(27)31(38)39)41-16-7-3-6-15(10-16)40-24-13-26(42-22)20(30(36)37)11-18(24)28(32)33/h3-4,6-14H,2,5H2,1H3. The Balaban J connectivity index is 1.81. The van der Waals surface area contributed by atoms with Crippen LogP contribution in [0.1, 0.15) is 18.9 Å². The summed E-state index contributed by atoms with van der Waals surface area (Å²) in [6.45, 7) is 1.82. The zero-order valence-electron chi connectivity index (χ0n) is 22.0. The number of nitrogens with zero attached hydrogens (tertiary/aromatic N) is 4. The molecule has 0 spiro atoms. The van der Waals surface area contributed by atoms with Gasteiger partial charge in [0.15, 0.2) is 0 Å². The lowest BCUT2D eigenvalue weighted by molar-refractivity contribution is -0.395. The van der Waals surface area contributed by atoms with E-state index in [0.29, 0.717) is 24.1 Å². The molecule has 43 heavy (non-hydrogen) atoms. The molecule has 1 heterocycles. The van der Waals surface area contributed by atoms with Gasteiger partial charge < -0.3 is 18.9 Å². The maximum Gasteiger partial charge on any atom is 0.318 e. The summed E-state index contributed by atoms with van der Waals surface area (Å²) in [5.74, 6) is -1.55. The molecule has 0 N–H and O–H groups in total. The van der Waals surface area contributed by atoms with Crippen molar-refractivity contribution in [3.8, 4) is 46.0 Å². The molecule has 5 rings (SSSR count). The molecule has 16 heteroatoms. The van der Waals surface area contributed by atoms with Crippen molar-refractivity contribution in [2.24, 2.45) is 0 Å². The molecule has 4 aromatic rings. The number of fused-ring (bicyclic) bond motifs is 8. The third-order valence-corrected chi connectivity index (χ3v) is 6.16. The molecule has 0 atom stereocenters. The van der Waals surface area contributed by atoms with E-state index in [2.05, 4.69) is 0 Å². The van der Waals surface area contributed by atoms with Crippen LogP contribution in [0.25, 0.3) is 0 Å². The molecule has 0 unspecified atom stereocenters. The summed E-state index contributed by atoms with van der Waals surface area (Å²) in [4.78, 5) is 44.1. The van der Waals surface area contributed by atoms with Crippen LogP contribution in [0.3, 0.4) is 0 Å². The highest BCUT2D eigenvalue weighted by Crippen LogP contribution is 2.47. The maximum atomic E-state index is 11.9. The van der Waals surface area contributed by atoms with Gasteiger partial charge in [-0.15, -0.1) is 0 Å². The fourth-order valence-corrected chi connectivity index (χ4v) is 4.30. The van der Waals surface area contributed by atoms with Gasteiger partial charge in [0.25, 0.3) is 0 Å². The normalized spacial score (nSPS) is 11.7. The largest absolute Gasteiger partial charge is 0.450 e. The monoisotopic (exact) mass is 590 g/mol. The molecule has 4 aromatic carbocycles. The molecular weight excluding hydrogens is 572 g/mol. The van der Waals surface area contributed by atoms with Gasteiger partial charge in [0.1, 0.15) is 35.1 Å². The van der Waals surface area contributed by atoms with E-state index in [-0.39, 0.29) is 40.9 Å². The molecular formula is C27H18N4O12. The average Bonchev–Trinajstić information content (AvgIpc) is 2.94. The van der Waals surface area contributed by atoms with E-state index < -0.39 is 53.9 Å². The van der Waals surface area contributed by atoms with E-state index in [1.165, 1.54) is 42.5 Å². The molecule has 0 fully saturated rings. The van der Waals surface area contributed by atoms with Gasteiger partial charge in [-0.3, -0.25) is 40.5 Å². The summed E-state index contributed by atoms with van der Waals surface area (Å²) in [5.41, 5.74) is -2.56. The molecule has 1 aliphatic heterocycles. The number of ether oxygens (including phenoxy) is 4. The predicted octanol–water partition coefficient (Wildman–Crippen LogP) is 7.75. The first-order chi connectivity index (χ1) is 20.5. The average molecular weight is 590 g/mol. The number of nitro groups is 4. The fraction of sp³-hybridized carbons (Fsp3) is 0.111. The van der Waals surface area contributed by atoms with E-state index >= 15 is 0 Å². The molecule has 8 bridgehead atoms. The van der Waals surface area contributed by atoms with Gasteiger partial charge in [-0.25, -0.2) is 0 Å². The maximum absolute atomic E-state index is 11.9. The summed E-state index contributed by atoms with van der Waals surface area (Å²) in [7, 11) is 0. The van der Waals surface area contributed by atoms with Gasteiger partial charge in [-0.05, 0) is 30.7 Å². The highest BCUT2D eigenvalue weighted by molar-refractivity contribution is 5.66. The van der Waals surface area contributed by atoms with E-state index in [0.717, 1.165) is 12.1 Å². The van der Waals surface area contributed by atoms with Crippen molar-refractivity contribution in [3.05, 3.63) is 113 Å². The quantitative estimate of drug-likeness (QED) is 0.137. The smallest absolute Gasteiger partial charge is 0.318 e. The van der Waals surface area contributed by atoms with E-state index in [1.54, 1.807) is 0 Å². The van der Waals surface area contributed by atoms with E-state index in [1.807, 2.05) is 6.92 Å². The van der Waals surface area contributed by atoms with Gasteiger partial charge in [0.2, 0.25) is 23.0 Å². The van der Waals surface area contributed by atoms with Gasteiger partial charge in [0, 0.05) is 23.8 Å². The lowest BCUT2D eigenvalue weighted by atomic mass is 10.1. The minimum atomic E-state index is -0.858. The van der Waals surface area contributed by atoms with Crippen molar-refractivity contribution >= 4 is 22.7 Å². The van der Waals surface area contributed by atoms with Gasteiger partial charge >= 0.3 is 22.7 Å². The number of hydrogen-bond acceptors (Lipinski definition) is 12. The Morgan fingerprint density at radius 3 is 1.26 bits per heavy atom. The Labute approximate surface area is 240 Å². The van der Waals surface area contributed by atoms with Crippen LogP contribution in [0.15, 0.2) is 66.7 Å². The number of rotatable bonds is 6. The SMILES string of the molecule is CCCc1c2cccc1Oc1cc(c([N+](=O)[O-])cc1[N+](=O)[O-])Oc1cccc(c1)Oc1cc(c([N+](=O)[O-])cc1[N+](=O)[O-])O2. The molecule has 0 aliphatic carbocycles. The van der Waals surface area contributed by atoms with Crippen LogP contribution >= 0.6 is 0 Å². The van der Waals surface area contributed by atoms with Crippen LogP contribution in [-0.4, -0.2) is 19.7 Å². The fourth-order valence-electron chi connectivity index (χ4n) is 4.30. The highest BCUT2D eigenvalue weighted by Gasteiger charge is 2.31. The molecule has 0 saturated carbocycles. The lowest BCUT2D eigenvalue weighted by Gasteiger charge is -2.17. The highest BCUT2D eigenvalue weighted by atomic mass is 16.6. The number of nitro benzene ring substituents is 4. The summed E-state index contributed by atoms with van der Waals surface area (Å²) >= 11 is 0.